The van der Waals surface area contributed by atoms with Crippen molar-refractivity contribution in [3.63, 3.8) is 0 Å². The minimum absolute atomic E-state index is 0.00638. The fraction of sp³-hybridized carbons (Fsp3) is 0.381. The fourth-order valence-electron chi connectivity index (χ4n) is 3.51. The van der Waals surface area contributed by atoms with Gasteiger partial charge in [-0.25, -0.2) is 4.39 Å². The van der Waals surface area contributed by atoms with Gasteiger partial charge in [0.15, 0.2) is 5.78 Å². The highest BCUT2D eigenvalue weighted by Gasteiger charge is 2.39. The van der Waals surface area contributed by atoms with E-state index in [1.54, 1.807) is 36.4 Å². The number of ketones is 1. The molecule has 1 fully saturated rings. The number of hydrogen-bond donors (Lipinski definition) is 1. The molecule has 1 heterocycles. The van der Waals surface area contributed by atoms with Crippen LogP contribution in [0.3, 0.4) is 0 Å². The van der Waals surface area contributed by atoms with Crippen molar-refractivity contribution in [2.45, 2.75) is 32.0 Å². The summed E-state index contributed by atoms with van der Waals surface area (Å²) in [5.41, 5.74) is 0.321. The van der Waals surface area contributed by atoms with Crippen LogP contribution in [0.15, 0.2) is 48.5 Å². The molecule has 6 heteroatoms. The first-order valence-electron chi connectivity index (χ1n) is 9.00. The zero-order chi connectivity index (χ0) is 19.4. The predicted molar refractivity (Wildman–Crippen MR) is 105 cm³/mol. The van der Waals surface area contributed by atoms with E-state index in [2.05, 4.69) is 17.1 Å². The van der Waals surface area contributed by atoms with E-state index in [1.807, 2.05) is 6.92 Å². The summed E-state index contributed by atoms with van der Waals surface area (Å²) in [7, 11) is 0. The van der Waals surface area contributed by atoms with Gasteiger partial charge in [0.2, 0.25) is 0 Å². The predicted octanol–water partition coefficient (Wildman–Crippen LogP) is 3.68. The number of carbonyl (C=O) groups is 1. The summed E-state index contributed by atoms with van der Waals surface area (Å²) in [5.74, 6) is 0.364. The zero-order valence-corrected chi connectivity index (χ0v) is 16.3. The highest BCUT2D eigenvalue weighted by Crippen LogP contribution is 2.20. The van der Waals surface area contributed by atoms with Gasteiger partial charge in [0.05, 0.1) is 5.54 Å². The Balaban J connectivity index is 1.62. The maximum atomic E-state index is 13.1. The molecule has 1 aliphatic rings. The Labute approximate surface area is 164 Å². The van der Waals surface area contributed by atoms with Gasteiger partial charge >= 0.3 is 0 Å². The lowest BCUT2D eigenvalue weighted by molar-refractivity contribution is -0.129. The molecule has 1 N–H and O–H groups in total. The Bertz CT molecular complexity index is 782. The maximum Gasteiger partial charge on any atom is 0.191 e. The van der Waals surface area contributed by atoms with E-state index in [4.69, 9.17) is 16.3 Å². The molecule has 144 valence electrons. The first-order valence-corrected chi connectivity index (χ1v) is 9.38. The van der Waals surface area contributed by atoms with Gasteiger partial charge in [-0.15, -0.1) is 0 Å². The van der Waals surface area contributed by atoms with Crippen molar-refractivity contribution in [2.75, 3.05) is 19.7 Å². The van der Waals surface area contributed by atoms with Crippen LogP contribution >= 0.6 is 11.6 Å². The minimum Gasteiger partial charge on any atom is -0.486 e. The highest BCUT2D eigenvalue weighted by molar-refractivity contribution is 6.30. The summed E-state index contributed by atoms with van der Waals surface area (Å²) in [5, 5.41) is 4.04. The lowest BCUT2D eigenvalue weighted by Crippen LogP contribution is -2.66. The lowest BCUT2D eigenvalue weighted by atomic mass is 9.91. The molecule has 2 aromatic carbocycles. The molecule has 0 spiro atoms. The molecule has 0 radical (unpaired) electrons. The Hall–Kier alpha value is -1.95. The first kappa shape index (κ1) is 19.8. The summed E-state index contributed by atoms with van der Waals surface area (Å²) >= 11 is 5.87. The molecule has 27 heavy (non-hydrogen) atoms. The number of ether oxygens (including phenoxy) is 1. The SMILES string of the molecule is C[C@@H]1CN(Cc2ccc(F)cc2)C[C@](C)(C(=O)COc2ccc(Cl)cc2)N1. The van der Waals surface area contributed by atoms with Crippen molar-refractivity contribution in [3.05, 3.63) is 64.9 Å². The molecule has 0 aromatic heterocycles. The van der Waals surface area contributed by atoms with Crippen LogP contribution in [0.25, 0.3) is 0 Å². The molecule has 0 bridgehead atoms. The van der Waals surface area contributed by atoms with Crippen molar-refractivity contribution in [1.82, 2.24) is 10.2 Å². The van der Waals surface area contributed by atoms with Crippen molar-refractivity contribution >= 4 is 17.4 Å². The highest BCUT2D eigenvalue weighted by atomic mass is 35.5. The van der Waals surface area contributed by atoms with Crippen LogP contribution in [0.2, 0.25) is 5.02 Å². The summed E-state index contributed by atoms with van der Waals surface area (Å²) in [4.78, 5) is 15.1. The van der Waals surface area contributed by atoms with Gasteiger partial charge < -0.3 is 10.1 Å². The molecule has 2 atom stereocenters. The Kier molecular flexibility index (Phi) is 6.15. The topological polar surface area (TPSA) is 41.6 Å². The van der Waals surface area contributed by atoms with E-state index in [0.717, 1.165) is 12.1 Å². The Morgan fingerprint density at radius 2 is 1.93 bits per heavy atom. The molecular formula is C21H24ClFN2O2. The van der Waals surface area contributed by atoms with Crippen LogP contribution in [0.1, 0.15) is 19.4 Å². The third-order valence-electron chi connectivity index (χ3n) is 4.76. The van der Waals surface area contributed by atoms with E-state index in [0.29, 0.717) is 23.9 Å². The average molecular weight is 391 g/mol. The van der Waals surface area contributed by atoms with E-state index in [9.17, 15) is 9.18 Å². The van der Waals surface area contributed by atoms with Crippen LogP contribution in [0.4, 0.5) is 4.39 Å². The number of piperazine rings is 1. The third-order valence-corrected chi connectivity index (χ3v) is 5.01. The molecule has 0 unspecified atom stereocenters. The van der Waals surface area contributed by atoms with E-state index < -0.39 is 5.54 Å². The van der Waals surface area contributed by atoms with Crippen molar-refractivity contribution in [3.8, 4) is 5.75 Å². The van der Waals surface area contributed by atoms with Gasteiger partial charge in [-0.3, -0.25) is 9.69 Å². The number of Topliss-reactive ketones (excluding diaryl/α,β-unsaturated/α-hetero) is 1. The van der Waals surface area contributed by atoms with Gasteiger partial charge in [-0.05, 0) is 55.8 Å². The smallest absolute Gasteiger partial charge is 0.191 e. The minimum atomic E-state index is -0.704. The molecule has 4 nitrogen and oxygen atoms in total. The number of halogens is 2. The Morgan fingerprint density at radius 3 is 2.59 bits per heavy atom. The second kappa shape index (κ2) is 8.38. The normalized spacial score (nSPS) is 23.2. The largest absolute Gasteiger partial charge is 0.486 e. The second-order valence-corrected chi connectivity index (χ2v) is 7.78. The fourth-order valence-corrected chi connectivity index (χ4v) is 3.64. The van der Waals surface area contributed by atoms with Crippen LogP contribution in [-0.2, 0) is 11.3 Å². The summed E-state index contributed by atoms with van der Waals surface area (Å²) in [6.07, 6.45) is 0. The number of benzene rings is 2. The standard InChI is InChI=1S/C21H24ClFN2O2/c1-15-11-25(12-16-3-7-18(23)8-4-16)14-21(2,24-15)20(26)13-27-19-9-5-17(22)6-10-19/h3-10,15,24H,11-14H2,1-2H3/t15-,21-/m1/s1. The maximum absolute atomic E-state index is 13.1. The third kappa shape index (κ3) is 5.28. The van der Waals surface area contributed by atoms with E-state index in [-0.39, 0.29) is 24.2 Å². The average Bonchev–Trinajstić information content (AvgIpc) is 2.62. The number of rotatable bonds is 6. The van der Waals surface area contributed by atoms with Crippen molar-refractivity contribution < 1.29 is 13.9 Å². The van der Waals surface area contributed by atoms with Gasteiger partial charge in [0.25, 0.3) is 0 Å². The molecule has 1 aliphatic heterocycles. The molecule has 2 aromatic rings. The van der Waals surface area contributed by atoms with Crippen LogP contribution in [0, 0.1) is 5.82 Å². The van der Waals surface area contributed by atoms with Gasteiger partial charge in [-0.1, -0.05) is 23.7 Å². The molecule has 0 aliphatic carbocycles. The second-order valence-electron chi connectivity index (χ2n) is 7.34. The monoisotopic (exact) mass is 390 g/mol. The summed E-state index contributed by atoms with van der Waals surface area (Å²) < 4.78 is 18.7. The van der Waals surface area contributed by atoms with Crippen molar-refractivity contribution in [2.24, 2.45) is 0 Å². The molecule has 1 saturated heterocycles. The van der Waals surface area contributed by atoms with Crippen LogP contribution < -0.4 is 10.1 Å². The van der Waals surface area contributed by atoms with Gasteiger partial charge in [0.1, 0.15) is 18.2 Å². The number of carbonyl (C=O) groups excluding carboxylic acids is 1. The molecule has 0 saturated carbocycles. The van der Waals surface area contributed by atoms with Gasteiger partial charge in [0, 0.05) is 30.7 Å². The van der Waals surface area contributed by atoms with E-state index >= 15 is 0 Å². The summed E-state index contributed by atoms with van der Waals surface area (Å²) in [6, 6.07) is 13.6. The lowest BCUT2D eigenvalue weighted by Gasteiger charge is -2.43. The quantitative estimate of drug-likeness (QED) is 0.817. The van der Waals surface area contributed by atoms with Crippen molar-refractivity contribution in [1.29, 1.82) is 0 Å². The molecule has 0 amide bonds. The molecular weight excluding hydrogens is 367 g/mol. The number of nitrogens with one attached hydrogen (secondary N) is 1. The first-order chi connectivity index (χ1) is 12.8. The summed E-state index contributed by atoms with van der Waals surface area (Å²) in [6.45, 7) is 6.02. The zero-order valence-electron chi connectivity index (χ0n) is 15.5. The number of nitrogens with zero attached hydrogens (tertiary/aromatic N) is 1. The van der Waals surface area contributed by atoms with E-state index in [1.165, 1.54) is 12.1 Å². The van der Waals surface area contributed by atoms with Crippen LogP contribution in [-0.4, -0.2) is 42.0 Å². The molecule has 3 rings (SSSR count). The Morgan fingerprint density at radius 1 is 1.26 bits per heavy atom. The van der Waals surface area contributed by atoms with Gasteiger partial charge in [-0.2, -0.15) is 0 Å². The van der Waals surface area contributed by atoms with Crippen LogP contribution in [0.5, 0.6) is 5.75 Å². The number of hydrogen-bond acceptors (Lipinski definition) is 4.